The van der Waals surface area contributed by atoms with Crippen LogP contribution in [0.4, 0.5) is 5.13 Å². The van der Waals surface area contributed by atoms with Gasteiger partial charge in [-0.25, -0.2) is 9.67 Å². The lowest BCUT2D eigenvalue weighted by Crippen LogP contribution is -2.31. The highest BCUT2D eigenvalue weighted by molar-refractivity contribution is 7.16. The second-order valence-electron chi connectivity index (χ2n) is 6.53. The fraction of sp³-hybridized carbons (Fsp3) is 0.316. The number of rotatable bonds is 5. The second-order valence-corrected chi connectivity index (χ2v) is 7.60. The largest absolute Gasteiger partial charge is 0.280 e. The predicted molar refractivity (Wildman–Crippen MR) is 105 cm³/mol. The maximum absolute atomic E-state index is 13.2. The molecule has 27 heavy (non-hydrogen) atoms. The number of hydrogen-bond donors (Lipinski definition) is 0. The molecule has 0 spiro atoms. The van der Waals surface area contributed by atoms with E-state index >= 15 is 0 Å². The maximum Gasteiger partial charge on any atom is 0.260 e. The molecule has 8 heteroatoms. The molecule has 0 N–H and O–H groups in total. The van der Waals surface area contributed by atoms with E-state index in [0.29, 0.717) is 12.1 Å². The third-order valence-electron chi connectivity index (χ3n) is 4.66. The zero-order valence-electron chi connectivity index (χ0n) is 15.1. The molecule has 1 amide bonds. The summed E-state index contributed by atoms with van der Waals surface area (Å²) in [4.78, 5) is 21.0. The van der Waals surface area contributed by atoms with E-state index in [4.69, 9.17) is 4.98 Å². The van der Waals surface area contributed by atoms with Crippen LogP contribution in [0.2, 0.25) is 0 Å². The first-order valence-corrected chi connectivity index (χ1v) is 9.74. The summed E-state index contributed by atoms with van der Waals surface area (Å²) in [5.74, 6) is -0.0765. The van der Waals surface area contributed by atoms with Crippen LogP contribution in [-0.4, -0.2) is 37.6 Å². The molecule has 2 aromatic heterocycles. The molecule has 0 saturated carbocycles. The molecular formula is C19H20N6OS. The van der Waals surface area contributed by atoms with E-state index in [1.807, 2.05) is 19.1 Å². The number of amides is 1. The number of anilines is 1. The molecule has 0 bridgehead atoms. The molecule has 0 unspecified atom stereocenters. The molecule has 7 nitrogen and oxygen atoms in total. The van der Waals surface area contributed by atoms with Crippen LogP contribution in [0.15, 0.2) is 37.2 Å². The summed E-state index contributed by atoms with van der Waals surface area (Å²) in [6, 6.07) is 5.52. The highest BCUT2D eigenvalue weighted by Crippen LogP contribution is 2.32. The SMILES string of the molecule is C=CCN(C(=O)c1ccc(-n2cnnn2)c(C)c1)c1nc2c(s1)CCCC2. The van der Waals surface area contributed by atoms with Gasteiger partial charge in [-0.1, -0.05) is 6.08 Å². The van der Waals surface area contributed by atoms with Crippen molar-refractivity contribution in [2.75, 3.05) is 11.4 Å². The van der Waals surface area contributed by atoms with Crippen molar-refractivity contribution >= 4 is 22.4 Å². The van der Waals surface area contributed by atoms with E-state index in [-0.39, 0.29) is 5.91 Å². The molecule has 1 aliphatic rings. The first-order chi connectivity index (χ1) is 13.2. The van der Waals surface area contributed by atoms with Crippen LogP contribution in [0, 0.1) is 6.92 Å². The van der Waals surface area contributed by atoms with E-state index in [0.717, 1.165) is 34.9 Å². The quantitative estimate of drug-likeness (QED) is 0.636. The molecule has 4 rings (SSSR count). The van der Waals surface area contributed by atoms with Gasteiger partial charge in [-0.2, -0.15) is 0 Å². The molecule has 0 atom stereocenters. The minimum Gasteiger partial charge on any atom is -0.280 e. The number of aromatic nitrogens is 5. The molecule has 3 aromatic rings. The highest BCUT2D eigenvalue weighted by atomic mass is 32.1. The van der Waals surface area contributed by atoms with Crippen molar-refractivity contribution in [1.29, 1.82) is 0 Å². The number of carbonyl (C=O) groups excluding carboxylic acids is 1. The molecule has 0 radical (unpaired) electrons. The van der Waals surface area contributed by atoms with Crippen LogP contribution in [-0.2, 0) is 12.8 Å². The van der Waals surface area contributed by atoms with E-state index in [1.54, 1.807) is 33.1 Å². The first-order valence-electron chi connectivity index (χ1n) is 8.92. The summed E-state index contributed by atoms with van der Waals surface area (Å²) in [6.07, 6.45) is 7.70. The van der Waals surface area contributed by atoms with E-state index in [2.05, 4.69) is 22.1 Å². The van der Waals surface area contributed by atoms with Crippen molar-refractivity contribution in [1.82, 2.24) is 25.2 Å². The van der Waals surface area contributed by atoms with Crippen molar-refractivity contribution in [3.63, 3.8) is 0 Å². The summed E-state index contributed by atoms with van der Waals surface area (Å²) >= 11 is 1.63. The summed E-state index contributed by atoms with van der Waals surface area (Å²) < 4.78 is 1.58. The highest BCUT2D eigenvalue weighted by Gasteiger charge is 2.23. The van der Waals surface area contributed by atoms with Gasteiger partial charge in [0.05, 0.1) is 11.4 Å². The number of carbonyl (C=O) groups is 1. The zero-order chi connectivity index (χ0) is 18.8. The average Bonchev–Trinajstić information content (AvgIpc) is 3.35. The zero-order valence-corrected chi connectivity index (χ0v) is 15.9. The third-order valence-corrected chi connectivity index (χ3v) is 5.84. The van der Waals surface area contributed by atoms with Gasteiger partial charge in [0.15, 0.2) is 5.13 Å². The normalized spacial score (nSPS) is 13.2. The van der Waals surface area contributed by atoms with Crippen molar-refractivity contribution < 1.29 is 4.79 Å². The van der Waals surface area contributed by atoms with Gasteiger partial charge in [-0.15, -0.1) is 23.0 Å². The minimum atomic E-state index is -0.0765. The van der Waals surface area contributed by atoms with Crippen molar-refractivity contribution in [3.05, 3.63) is 58.9 Å². The lowest BCUT2D eigenvalue weighted by molar-refractivity contribution is 0.0989. The van der Waals surface area contributed by atoms with Crippen LogP contribution >= 0.6 is 11.3 Å². The Bertz CT molecular complexity index is 955. The van der Waals surface area contributed by atoms with Crippen molar-refractivity contribution in [3.8, 4) is 5.69 Å². The Labute approximate surface area is 161 Å². The molecular weight excluding hydrogens is 360 g/mol. The van der Waals surface area contributed by atoms with Gasteiger partial charge >= 0.3 is 0 Å². The summed E-state index contributed by atoms with van der Waals surface area (Å²) in [5.41, 5.74) is 3.52. The smallest absolute Gasteiger partial charge is 0.260 e. The number of nitrogens with zero attached hydrogens (tertiary/aromatic N) is 6. The van der Waals surface area contributed by atoms with Crippen LogP contribution in [0.3, 0.4) is 0 Å². The molecule has 2 heterocycles. The second kappa shape index (κ2) is 7.40. The van der Waals surface area contributed by atoms with Gasteiger partial charge in [0, 0.05) is 17.0 Å². The number of aryl methyl sites for hydroxylation is 3. The number of thiazole rings is 1. The van der Waals surface area contributed by atoms with E-state index in [9.17, 15) is 4.79 Å². The Kier molecular flexibility index (Phi) is 4.81. The molecule has 0 aliphatic heterocycles. The molecule has 1 aromatic carbocycles. The van der Waals surface area contributed by atoms with Crippen LogP contribution in [0.1, 0.15) is 39.3 Å². The number of benzene rings is 1. The Balaban J connectivity index is 1.65. The maximum atomic E-state index is 13.2. The van der Waals surface area contributed by atoms with Gasteiger partial charge in [-0.05, 0) is 66.8 Å². The Morgan fingerprint density at radius 1 is 1.37 bits per heavy atom. The van der Waals surface area contributed by atoms with Crippen LogP contribution < -0.4 is 4.90 Å². The topological polar surface area (TPSA) is 76.8 Å². The lowest BCUT2D eigenvalue weighted by Gasteiger charge is -2.18. The van der Waals surface area contributed by atoms with Gasteiger partial charge in [0.2, 0.25) is 0 Å². The fourth-order valence-electron chi connectivity index (χ4n) is 3.30. The molecule has 0 fully saturated rings. The third kappa shape index (κ3) is 3.40. The number of hydrogen-bond acceptors (Lipinski definition) is 6. The van der Waals surface area contributed by atoms with Crippen molar-refractivity contribution in [2.24, 2.45) is 0 Å². The van der Waals surface area contributed by atoms with Gasteiger partial charge in [0.25, 0.3) is 5.91 Å². The number of tetrazole rings is 1. The van der Waals surface area contributed by atoms with Crippen LogP contribution in [0.5, 0.6) is 0 Å². The Morgan fingerprint density at radius 2 is 2.22 bits per heavy atom. The van der Waals surface area contributed by atoms with Gasteiger partial charge in [0.1, 0.15) is 6.33 Å². The Hall–Kier alpha value is -2.87. The summed E-state index contributed by atoms with van der Waals surface area (Å²) in [5, 5.41) is 12.0. The molecule has 0 saturated heterocycles. The first kappa shape index (κ1) is 17.5. The van der Waals surface area contributed by atoms with Crippen molar-refractivity contribution in [2.45, 2.75) is 32.6 Å². The predicted octanol–water partition coefficient (Wildman–Crippen LogP) is 3.14. The molecule has 1 aliphatic carbocycles. The summed E-state index contributed by atoms with van der Waals surface area (Å²) in [7, 11) is 0. The monoisotopic (exact) mass is 380 g/mol. The van der Waals surface area contributed by atoms with E-state index < -0.39 is 0 Å². The number of fused-ring (bicyclic) bond motifs is 1. The standard InChI is InChI=1S/C19H20N6OS/c1-3-10-24(19-21-15-6-4-5-7-17(15)27-19)18(26)14-8-9-16(13(2)11-14)25-12-20-22-23-25/h3,8-9,11-12H,1,4-7,10H2,2H3. The van der Waals surface area contributed by atoms with E-state index in [1.165, 1.54) is 24.0 Å². The molecule has 138 valence electrons. The average molecular weight is 380 g/mol. The van der Waals surface area contributed by atoms with Crippen LogP contribution in [0.25, 0.3) is 5.69 Å². The Morgan fingerprint density at radius 3 is 2.93 bits per heavy atom. The van der Waals surface area contributed by atoms with Gasteiger partial charge < -0.3 is 0 Å². The fourth-order valence-corrected chi connectivity index (χ4v) is 4.46. The van der Waals surface area contributed by atoms with Gasteiger partial charge in [-0.3, -0.25) is 9.69 Å². The lowest BCUT2D eigenvalue weighted by atomic mass is 10.0. The summed E-state index contributed by atoms with van der Waals surface area (Å²) in [6.45, 7) is 6.17. The minimum absolute atomic E-state index is 0.0765.